The van der Waals surface area contributed by atoms with Crippen LogP contribution in [0.25, 0.3) is 0 Å². The van der Waals surface area contributed by atoms with Crippen molar-refractivity contribution in [2.45, 2.75) is 32.3 Å². The SMILES string of the molecule is O=C(Nc1cccc(OC(F)F)n1)c1ccc(NSCCO)cc1N1CCC2(CC1)CC2. The lowest BCUT2D eigenvalue weighted by molar-refractivity contribution is -0.0527. The van der Waals surface area contributed by atoms with E-state index in [-0.39, 0.29) is 24.2 Å². The summed E-state index contributed by atoms with van der Waals surface area (Å²) in [7, 11) is 0. The number of rotatable bonds is 9. The molecule has 32 heavy (non-hydrogen) atoms. The zero-order chi connectivity index (χ0) is 22.6. The standard InChI is InChI=1S/C22H26F2N4O3S/c23-21(24)31-19-3-1-2-18(25-19)26-20(30)16-5-4-15(27-32-13-12-29)14-17(16)28-10-8-22(6-7-22)9-11-28/h1-5,14,21,27,29H,6-13H2,(H,25,26,30). The zero-order valence-corrected chi connectivity index (χ0v) is 18.3. The monoisotopic (exact) mass is 464 g/mol. The van der Waals surface area contributed by atoms with Crippen LogP contribution in [0, 0.1) is 5.41 Å². The number of aliphatic hydroxyl groups excluding tert-OH is 1. The Balaban J connectivity index is 1.53. The number of ether oxygens (including phenoxy) is 1. The van der Waals surface area contributed by atoms with Gasteiger partial charge in [-0.15, -0.1) is 0 Å². The van der Waals surface area contributed by atoms with Gasteiger partial charge in [0.2, 0.25) is 5.88 Å². The second-order valence-electron chi connectivity index (χ2n) is 8.09. The first-order valence-electron chi connectivity index (χ1n) is 10.6. The van der Waals surface area contributed by atoms with Crippen LogP contribution in [0.1, 0.15) is 36.0 Å². The fourth-order valence-corrected chi connectivity index (χ4v) is 4.44. The molecule has 1 saturated heterocycles. The van der Waals surface area contributed by atoms with Crippen LogP contribution in [-0.2, 0) is 0 Å². The van der Waals surface area contributed by atoms with Crippen LogP contribution in [0.5, 0.6) is 5.88 Å². The largest absolute Gasteiger partial charge is 0.417 e. The summed E-state index contributed by atoms with van der Waals surface area (Å²) in [5, 5.41) is 11.7. The summed E-state index contributed by atoms with van der Waals surface area (Å²) in [5.74, 6) is 0.0505. The highest BCUT2D eigenvalue weighted by Crippen LogP contribution is 2.54. The van der Waals surface area contributed by atoms with Crippen LogP contribution in [0.3, 0.4) is 0 Å². The first kappa shape index (κ1) is 22.6. The van der Waals surface area contributed by atoms with Crippen molar-refractivity contribution >= 4 is 35.0 Å². The Morgan fingerprint density at radius 2 is 2.00 bits per heavy atom. The predicted molar refractivity (Wildman–Crippen MR) is 122 cm³/mol. The zero-order valence-electron chi connectivity index (χ0n) is 17.5. The summed E-state index contributed by atoms with van der Waals surface area (Å²) in [6, 6.07) is 9.81. The van der Waals surface area contributed by atoms with Crippen molar-refractivity contribution in [3.63, 3.8) is 0 Å². The molecule has 0 atom stereocenters. The molecule has 1 aromatic heterocycles. The average Bonchev–Trinajstić information content (AvgIpc) is 3.53. The second kappa shape index (κ2) is 9.91. The fraction of sp³-hybridized carbons (Fsp3) is 0.455. The number of alkyl halides is 2. The van der Waals surface area contributed by atoms with Crippen molar-refractivity contribution in [2.24, 2.45) is 5.41 Å². The van der Waals surface area contributed by atoms with Gasteiger partial charge in [0.05, 0.1) is 17.9 Å². The first-order chi connectivity index (χ1) is 15.5. The molecule has 0 radical (unpaired) electrons. The third kappa shape index (κ3) is 5.60. The Hall–Kier alpha value is -2.59. The minimum absolute atomic E-state index is 0.0700. The Bertz CT molecular complexity index is 949. The minimum atomic E-state index is -2.99. The van der Waals surface area contributed by atoms with Gasteiger partial charge in [0.1, 0.15) is 5.82 Å². The van der Waals surface area contributed by atoms with Crippen molar-refractivity contribution in [1.82, 2.24) is 4.98 Å². The number of aliphatic hydroxyl groups is 1. The van der Waals surface area contributed by atoms with E-state index >= 15 is 0 Å². The molecule has 1 aliphatic carbocycles. The Morgan fingerprint density at radius 1 is 1.22 bits per heavy atom. The number of hydrogen-bond donors (Lipinski definition) is 3. The minimum Gasteiger partial charge on any atom is -0.417 e. The van der Waals surface area contributed by atoms with Gasteiger partial charge in [0, 0.05) is 30.6 Å². The van der Waals surface area contributed by atoms with Gasteiger partial charge in [-0.3, -0.25) is 4.79 Å². The number of carbonyl (C=O) groups is 1. The molecule has 2 heterocycles. The maximum Gasteiger partial charge on any atom is 0.388 e. The van der Waals surface area contributed by atoms with E-state index in [9.17, 15) is 13.6 Å². The highest BCUT2D eigenvalue weighted by atomic mass is 32.2. The van der Waals surface area contributed by atoms with Crippen molar-refractivity contribution in [3.05, 3.63) is 42.0 Å². The number of hydrogen-bond acceptors (Lipinski definition) is 7. The Kier molecular flexibility index (Phi) is 7.00. The van der Waals surface area contributed by atoms with Gasteiger partial charge in [-0.25, -0.2) is 0 Å². The molecular formula is C22H26F2N4O3S. The number of aromatic nitrogens is 1. The highest BCUT2D eigenvalue weighted by molar-refractivity contribution is 8.00. The molecule has 10 heteroatoms. The van der Waals surface area contributed by atoms with E-state index in [0.29, 0.717) is 16.7 Å². The molecule has 1 aliphatic heterocycles. The highest BCUT2D eigenvalue weighted by Gasteiger charge is 2.44. The predicted octanol–water partition coefficient (Wildman–Crippen LogP) is 4.37. The molecule has 7 nitrogen and oxygen atoms in total. The maximum atomic E-state index is 13.1. The van der Waals surface area contributed by atoms with Gasteiger partial charge in [-0.2, -0.15) is 13.8 Å². The first-order valence-corrected chi connectivity index (χ1v) is 11.6. The summed E-state index contributed by atoms with van der Waals surface area (Å²) in [4.78, 5) is 19.3. The molecule has 3 N–H and O–H groups in total. The molecule has 1 saturated carbocycles. The molecule has 1 spiro atoms. The van der Waals surface area contributed by atoms with Gasteiger partial charge in [0.25, 0.3) is 5.91 Å². The third-order valence-corrected chi connectivity index (χ3v) is 6.69. The van der Waals surface area contributed by atoms with Crippen LogP contribution in [-0.4, -0.2) is 48.1 Å². The van der Waals surface area contributed by atoms with Crippen LogP contribution >= 0.6 is 11.9 Å². The van der Waals surface area contributed by atoms with Gasteiger partial charge in [-0.05, 0) is 55.4 Å². The summed E-state index contributed by atoms with van der Waals surface area (Å²) in [6.07, 6.45) is 4.80. The van der Waals surface area contributed by atoms with Gasteiger partial charge in [-0.1, -0.05) is 18.0 Å². The van der Waals surface area contributed by atoms with E-state index in [1.807, 2.05) is 6.07 Å². The molecule has 2 aromatic rings. The fourth-order valence-electron chi connectivity index (χ4n) is 3.95. The van der Waals surface area contributed by atoms with Crippen LogP contribution in [0.4, 0.5) is 26.0 Å². The normalized spacial score (nSPS) is 16.8. The summed E-state index contributed by atoms with van der Waals surface area (Å²) < 4.78 is 32.5. The molecular weight excluding hydrogens is 438 g/mol. The lowest BCUT2D eigenvalue weighted by atomic mass is 9.93. The third-order valence-electron chi connectivity index (χ3n) is 5.92. The molecule has 1 amide bonds. The van der Waals surface area contributed by atoms with Gasteiger partial charge >= 0.3 is 6.61 Å². The molecule has 4 rings (SSSR count). The second-order valence-corrected chi connectivity index (χ2v) is 8.99. The van der Waals surface area contributed by atoms with E-state index in [2.05, 4.69) is 24.7 Å². The molecule has 2 aliphatic rings. The smallest absolute Gasteiger partial charge is 0.388 e. The number of piperidine rings is 1. The Morgan fingerprint density at radius 3 is 2.69 bits per heavy atom. The van der Waals surface area contributed by atoms with Crippen molar-refractivity contribution in [3.8, 4) is 5.88 Å². The summed E-state index contributed by atoms with van der Waals surface area (Å²) in [5.41, 5.74) is 2.64. The van der Waals surface area contributed by atoms with E-state index in [1.165, 1.54) is 43.0 Å². The number of benzene rings is 1. The Labute approximate surface area is 189 Å². The van der Waals surface area contributed by atoms with E-state index in [1.54, 1.807) is 12.1 Å². The lowest BCUT2D eigenvalue weighted by Crippen LogP contribution is -2.35. The lowest BCUT2D eigenvalue weighted by Gasteiger charge is -2.35. The van der Waals surface area contributed by atoms with Crippen LogP contribution in [0.15, 0.2) is 36.4 Å². The number of pyridine rings is 1. The van der Waals surface area contributed by atoms with Crippen LogP contribution < -0.4 is 19.7 Å². The number of anilines is 3. The number of amides is 1. The number of halogens is 2. The van der Waals surface area contributed by atoms with Gasteiger partial charge < -0.3 is 24.8 Å². The van der Waals surface area contributed by atoms with Gasteiger partial charge in [0.15, 0.2) is 0 Å². The maximum absolute atomic E-state index is 13.1. The number of nitrogens with one attached hydrogen (secondary N) is 2. The van der Waals surface area contributed by atoms with Crippen LogP contribution in [0.2, 0.25) is 0 Å². The average molecular weight is 465 g/mol. The molecule has 0 unspecified atom stereocenters. The molecule has 0 bridgehead atoms. The number of carbonyl (C=O) groups excluding carboxylic acids is 1. The van der Waals surface area contributed by atoms with Crippen molar-refractivity contribution in [2.75, 3.05) is 40.4 Å². The van der Waals surface area contributed by atoms with E-state index in [4.69, 9.17) is 5.11 Å². The topological polar surface area (TPSA) is 86.7 Å². The van der Waals surface area contributed by atoms with E-state index in [0.717, 1.165) is 37.3 Å². The van der Waals surface area contributed by atoms with Crippen molar-refractivity contribution < 1.29 is 23.4 Å². The molecule has 2 fully saturated rings. The van der Waals surface area contributed by atoms with Crippen molar-refractivity contribution in [1.29, 1.82) is 0 Å². The molecule has 1 aromatic carbocycles. The summed E-state index contributed by atoms with van der Waals surface area (Å²) in [6.45, 7) is -1.16. The van der Waals surface area contributed by atoms with E-state index < -0.39 is 6.61 Å². The molecule has 172 valence electrons. The summed E-state index contributed by atoms with van der Waals surface area (Å²) >= 11 is 1.39. The number of nitrogens with zero attached hydrogens (tertiary/aromatic N) is 2. The quantitative estimate of drug-likeness (QED) is 0.375.